The van der Waals surface area contributed by atoms with Crippen molar-refractivity contribution in [2.24, 2.45) is 0 Å². The van der Waals surface area contributed by atoms with Crippen LogP contribution in [0.1, 0.15) is 84.7 Å². The van der Waals surface area contributed by atoms with Gasteiger partial charge in [-0.2, -0.15) is 0 Å². The zero-order valence-electron chi connectivity index (χ0n) is 35.4. The summed E-state index contributed by atoms with van der Waals surface area (Å²) in [6.07, 6.45) is 15.7. The minimum atomic E-state index is 0. The Bertz CT molecular complexity index is 1660. The van der Waals surface area contributed by atoms with Crippen LogP contribution in [0.4, 0.5) is 11.4 Å². The van der Waals surface area contributed by atoms with Crippen LogP contribution in [-0.4, -0.2) is 87.5 Å². The van der Waals surface area contributed by atoms with Crippen molar-refractivity contribution >= 4 is 11.4 Å². The summed E-state index contributed by atoms with van der Waals surface area (Å²) in [6, 6.07) is 38.8. The predicted molar refractivity (Wildman–Crippen MR) is 231 cm³/mol. The van der Waals surface area contributed by atoms with Gasteiger partial charge in [-0.25, -0.2) is 0 Å². The molecule has 304 valence electrons. The zero-order valence-corrected chi connectivity index (χ0v) is 38.3. The predicted octanol–water partition coefficient (Wildman–Crippen LogP) is 3.98. The summed E-state index contributed by atoms with van der Waals surface area (Å²) in [5, 5.41) is 0. The summed E-state index contributed by atoms with van der Waals surface area (Å²) < 4.78 is 2.40. The molecule has 0 unspecified atom stereocenters. The van der Waals surface area contributed by atoms with Crippen LogP contribution in [0.3, 0.4) is 0 Å². The van der Waals surface area contributed by atoms with Crippen LogP contribution in [0.2, 0.25) is 0 Å². The summed E-state index contributed by atoms with van der Waals surface area (Å²) in [5.41, 5.74) is 11.9. The molecule has 0 spiro atoms. The summed E-state index contributed by atoms with van der Waals surface area (Å²) >= 11 is 0. The highest BCUT2D eigenvalue weighted by molar-refractivity contribution is 5.56. The van der Waals surface area contributed by atoms with Crippen LogP contribution in [0.25, 0.3) is 0 Å². The molecule has 2 fully saturated rings. The highest BCUT2D eigenvalue weighted by Gasteiger charge is 2.35. The van der Waals surface area contributed by atoms with Crippen molar-refractivity contribution in [3.63, 3.8) is 0 Å². The molecule has 2 aliphatic heterocycles. The normalized spacial score (nSPS) is 21.0. The number of halogens is 2. The van der Waals surface area contributed by atoms with E-state index in [-0.39, 0.29) is 36.4 Å². The van der Waals surface area contributed by atoms with Gasteiger partial charge < -0.3 is 55.1 Å². The van der Waals surface area contributed by atoms with Gasteiger partial charge in [0.05, 0.1) is 53.4 Å². The summed E-state index contributed by atoms with van der Waals surface area (Å²) in [4.78, 5) is 5.48. The molecule has 4 aliphatic rings. The summed E-state index contributed by atoms with van der Waals surface area (Å²) in [7, 11) is 9.75. The van der Waals surface area contributed by atoms with E-state index in [4.69, 9.17) is 0 Å². The number of quaternary nitrogens is 2. The van der Waals surface area contributed by atoms with Crippen LogP contribution in [0, 0.1) is 13.8 Å². The van der Waals surface area contributed by atoms with E-state index in [1.54, 1.807) is 22.3 Å². The summed E-state index contributed by atoms with van der Waals surface area (Å²) in [6.45, 7) is 9.57. The van der Waals surface area contributed by atoms with Crippen molar-refractivity contribution in [3.05, 3.63) is 130 Å². The van der Waals surface area contributed by atoms with E-state index in [1.165, 1.54) is 135 Å². The fraction of sp³-hybridized carbons (Fsp3) is 0.520. The lowest BCUT2D eigenvalue weighted by molar-refractivity contribution is -0.920. The van der Waals surface area contributed by atoms with Crippen LogP contribution < -0.4 is 46.2 Å². The second kappa shape index (κ2) is 19.9. The fourth-order valence-electron chi connectivity index (χ4n) is 10.7. The molecule has 56 heavy (non-hydrogen) atoms. The first-order valence-corrected chi connectivity index (χ1v) is 21.5. The van der Waals surface area contributed by atoms with Gasteiger partial charge in [-0.05, 0) is 124 Å². The number of hydrogen-bond acceptors (Lipinski definition) is 2. The van der Waals surface area contributed by atoms with E-state index in [9.17, 15) is 0 Å². The summed E-state index contributed by atoms with van der Waals surface area (Å²) in [5.74, 6) is 0. The molecule has 0 radical (unpaired) electrons. The Balaban J connectivity index is 0.000000207. The first kappa shape index (κ1) is 44.5. The second-order valence-electron chi connectivity index (χ2n) is 18.5. The molecule has 4 aromatic carbocycles. The first-order chi connectivity index (χ1) is 26.1. The average molecular weight is 889 g/mol. The van der Waals surface area contributed by atoms with Crippen LogP contribution in [-0.2, 0) is 25.7 Å². The number of anilines is 2. The van der Waals surface area contributed by atoms with E-state index >= 15 is 0 Å². The maximum atomic E-state index is 2.74. The van der Waals surface area contributed by atoms with Gasteiger partial charge in [0.15, 0.2) is 0 Å². The Morgan fingerprint density at radius 2 is 0.804 bits per heavy atom. The zero-order chi connectivity index (χ0) is 37.7. The molecule has 4 aromatic rings. The van der Waals surface area contributed by atoms with Gasteiger partial charge in [0.1, 0.15) is 0 Å². The third kappa shape index (κ3) is 10.5. The number of nitrogens with zero attached hydrogens (tertiary/aromatic N) is 4. The van der Waals surface area contributed by atoms with Gasteiger partial charge in [-0.3, -0.25) is 0 Å². The van der Waals surface area contributed by atoms with Gasteiger partial charge >= 0.3 is 0 Å². The largest absolute Gasteiger partial charge is 1.00 e. The van der Waals surface area contributed by atoms with Crippen molar-refractivity contribution in [3.8, 4) is 0 Å². The molecule has 2 heterocycles. The minimum absolute atomic E-state index is 0. The minimum Gasteiger partial charge on any atom is -1.00 e. The monoisotopic (exact) mass is 888 g/mol. The molecule has 0 saturated carbocycles. The number of aryl methyl sites for hydroxylation is 2. The lowest BCUT2D eigenvalue weighted by Crippen LogP contribution is -3.00. The van der Waals surface area contributed by atoms with Crippen LogP contribution in [0.5, 0.6) is 0 Å². The standard InChI is InChI=1S/2C25H35N2.ClH.HI/c2*1-20-10-4-7-14-25(20)26(16-15-24-13-8-9-17-27(24,2)3)23-18-21-11-5-6-12-22(21)19-23;;/h2*4-7,10-12,14,23-24H,8-9,13,15-19H2,1-3H3;2*1H/q2*+1;;/p-2/t2*24-;;/m00../s1. The van der Waals surface area contributed by atoms with E-state index in [0.29, 0.717) is 12.1 Å². The Hall–Kier alpha value is -2.58. The topological polar surface area (TPSA) is 6.48 Å². The number of para-hydroxylation sites is 2. The van der Waals surface area contributed by atoms with Gasteiger partial charge in [-0.15, -0.1) is 0 Å². The van der Waals surface area contributed by atoms with Gasteiger partial charge in [-0.1, -0.05) is 84.9 Å². The maximum absolute atomic E-state index is 2.74. The molecule has 0 aromatic heterocycles. The van der Waals surface area contributed by atoms with Crippen molar-refractivity contribution in [1.82, 2.24) is 0 Å². The quantitative estimate of drug-likeness (QED) is 0.176. The van der Waals surface area contributed by atoms with Crippen molar-refractivity contribution in [2.45, 2.75) is 115 Å². The molecule has 0 N–H and O–H groups in total. The van der Waals surface area contributed by atoms with E-state index in [0.717, 1.165) is 12.1 Å². The molecule has 6 heteroatoms. The molecular weight excluding hydrogens is 819 g/mol. The molecule has 0 bridgehead atoms. The first-order valence-electron chi connectivity index (χ1n) is 21.5. The highest BCUT2D eigenvalue weighted by atomic mass is 127. The molecule has 4 nitrogen and oxygen atoms in total. The lowest BCUT2D eigenvalue weighted by Gasteiger charge is -2.43. The third-order valence-corrected chi connectivity index (χ3v) is 14.2. The van der Waals surface area contributed by atoms with Crippen LogP contribution in [0.15, 0.2) is 97.1 Å². The number of likely N-dealkylation sites (tertiary alicyclic amines) is 2. The van der Waals surface area contributed by atoms with E-state index < -0.39 is 0 Å². The number of hydrogen-bond donors (Lipinski definition) is 0. The van der Waals surface area contributed by atoms with E-state index in [2.05, 4.69) is 149 Å². The maximum Gasteiger partial charge on any atom is 0.0903 e. The van der Waals surface area contributed by atoms with Crippen molar-refractivity contribution < 1.29 is 45.3 Å². The number of piperidine rings is 2. The van der Waals surface area contributed by atoms with Gasteiger partial charge in [0.25, 0.3) is 0 Å². The van der Waals surface area contributed by atoms with Gasteiger partial charge in [0, 0.05) is 49.4 Å². The lowest BCUT2D eigenvalue weighted by atomic mass is 9.96. The Morgan fingerprint density at radius 1 is 0.482 bits per heavy atom. The molecule has 8 rings (SSSR count). The average Bonchev–Trinajstić information content (AvgIpc) is 3.79. The third-order valence-electron chi connectivity index (χ3n) is 14.2. The SMILES string of the molecule is Cc1ccccc1N(CC[C@@H]1CCCC[N+]1(C)C)C1Cc2ccccc2C1.Cc1ccccc1N(CC[C@@H]1CCCC[N+]1(C)C)C1Cc2ccccc2C1.[Cl-].[I-]. The molecule has 2 saturated heterocycles. The molecular formula is C50H70ClIN4. The molecule has 2 atom stereocenters. The van der Waals surface area contributed by atoms with Gasteiger partial charge in [0.2, 0.25) is 0 Å². The second-order valence-corrected chi connectivity index (χ2v) is 18.5. The Labute approximate surface area is 364 Å². The fourth-order valence-corrected chi connectivity index (χ4v) is 10.7. The van der Waals surface area contributed by atoms with Crippen molar-refractivity contribution in [1.29, 1.82) is 0 Å². The van der Waals surface area contributed by atoms with Crippen molar-refractivity contribution in [2.75, 3.05) is 64.2 Å². The number of fused-ring (bicyclic) bond motifs is 2. The van der Waals surface area contributed by atoms with E-state index in [1.807, 2.05) is 0 Å². The smallest absolute Gasteiger partial charge is 0.0903 e. The molecule has 0 amide bonds. The Morgan fingerprint density at radius 3 is 1.12 bits per heavy atom. The highest BCUT2D eigenvalue weighted by Crippen LogP contribution is 2.34. The Kier molecular flexibility index (Phi) is 15.8. The van der Waals surface area contributed by atoms with Crippen LogP contribution >= 0.6 is 0 Å². The molecule has 2 aliphatic carbocycles. The number of rotatable bonds is 10. The number of benzene rings is 4.